The summed E-state index contributed by atoms with van der Waals surface area (Å²) in [5.41, 5.74) is -0.693. The SMILES string of the molecule is CC(OC(=O)c1ccccc1-n1cnnn1)C(=O)N1CC(=O)Nc2cc(C(F)(F)F)ccc21. The van der Waals surface area contributed by atoms with E-state index in [0.29, 0.717) is 5.69 Å². The molecule has 4 rings (SSSR count). The molecule has 1 N–H and O–H groups in total. The van der Waals surface area contributed by atoms with E-state index in [1.807, 2.05) is 0 Å². The zero-order valence-electron chi connectivity index (χ0n) is 16.9. The second-order valence-corrected chi connectivity index (χ2v) is 7.02. The lowest BCUT2D eigenvalue weighted by Gasteiger charge is -2.31. The third-order valence-electron chi connectivity index (χ3n) is 4.81. The fraction of sp³-hybridized carbons (Fsp3) is 0.200. The van der Waals surface area contributed by atoms with Gasteiger partial charge in [0.15, 0.2) is 6.10 Å². The smallest absolute Gasteiger partial charge is 0.416 e. The minimum atomic E-state index is -4.62. The highest BCUT2D eigenvalue weighted by atomic mass is 19.4. The lowest BCUT2D eigenvalue weighted by Crippen LogP contribution is -2.47. The molecule has 1 atom stereocenters. The molecular formula is C20H15F3N6O4. The molecule has 0 aliphatic carbocycles. The van der Waals surface area contributed by atoms with Crippen molar-refractivity contribution in [3.8, 4) is 5.69 Å². The fourth-order valence-corrected chi connectivity index (χ4v) is 3.27. The first-order chi connectivity index (χ1) is 15.6. The second kappa shape index (κ2) is 8.33. The van der Waals surface area contributed by atoms with Crippen LogP contribution in [0.1, 0.15) is 22.8 Å². The van der Waals surface area contributed by atoms with E-state index < -0.39 is 42.2 Å². The number of alkyl halides is 3. The Morgan fingerprint density at radius 3 is 2.61 bits per heavy atom. The van der Waals surface area contributed by atoms with Crippen LogP contribution in [0, 0.1) is 0 Å². The van der Waals surface area contributed by atoms with Gasteiger partial charge in [0.25, 0.3) is 5.91 Å². The molecule has 0 fully saturated rings. The Morgan fingerprint density at radius 1 is 1.15 bits per heavy atom. The van der Waals surface area contributed by atoms with Crippen LogP contribution in [0.2, 0.25) is 0 Å². The molecule has 3 aromatic rings. The highest BCUT2D eigenvalue weighted by molar-refractivity contribution is 6.11. The number of carbonyl (C=O) groups excluding carboxylic acids is 3. The van der Waals surface area contributed by atoms with Crippen molar-refractivity contribution >= 4 is 29.2 Å². The maximum atomic E-state index is 13.0. The molecule has 0 saturated heterocycles. The van der Waals surface area contributed by atoms with Crippen LogP contribution >= 0.6 is 0 Å². The van der Waals surface area contributed by atoms with E-state index in [4.69, 9.17) is 4.74 Å². The first-order valence-corrected chi connectivity index (χ1v) is 9.51. The van der Waals surface area contributed by atoms with Crippen molar-refractivity contribution in [3.05, 3.63) is 59.9 Å². The number of nitrogens with zero attached hydrogens (tertiary/aromatic N) is 5. The minimum Gasteiger partial charge on any atom is -0.449 e. The standard InChI is InChI=1S/C20H15F3N6O4/c1-11(33-19(32)13-4-2-3-5-15(13)29-10-24-26-27-29)18(31)28-9-17(30)25-14-8-12(20(21,22)23)6-7-16(14)28/h2-8,10-11H,9H2,1H3,(H,25,30). The van der Waals surface area contributed by atoms with Gasteiger partial charge in [-0.15, -0.1) is 5.10 Å². The van der Waals surface area contributed by atoms with Crippen LogP contribution in [0.3, 0.4) is 0 Å². The van der Waals surface area contributed by atoms with Gasteiger partial charge >= 0.3 is 12.1 Å². The summed E-state index contributed by atoms with van der Waals surface area (Å²) in [5.74, 6) is -2.31. The van der Waals surface area contributed by atoms with Crippen molar-refractivity contribution in [1.29, 1.82) is 0 Å². The van der Waals surface area contributed by atoms with Crippen LogP contribution in [-0.4, -0.2) is 50.6 Å². The van der Waals surface area contributed by atoms with E-state index >= 15 is 0 Å². The van der Waals surface area contributed by atoms with E-state index in [2.05, 4.69) is 20.8 Å². The van der Waals surface area contributed by atoms with Gasteiger partial charge in [0.05, 0.1) is 28.2 Å². The molecule has 10 nitrogen and oxygen atoms in total. The van der Waals surface area contributed by atoms with E-state index in [1.165, 1.54) is 24.0 Å². The normalized spacial score (nSPS) is 14.3. The molecule has 0 radical (unpaired) electrons. The maximum absolute atomic E-state index is 13.0. The number of fused-ring (bicyclic) bond motifs is 1. The third-order valence-corrected chi connectivity index (χ3v) is 4.81. The van der Waals surface area contributed by atoms with Crippen molar-refractivity contribution in [2.45, 2.75) is 19.2 Å². The topological polar surface area (TPSA) is 119 Å². The van der Waals surface area contributed by atoms with Crippen LogP contribution in [0.15, 0.2) is 48.8 Å². The Balaban J connectivity index is 1.56. The van der Waals surface area contributed by atoms with E-state index in [0.717, 1.165) is 23.1 Å². The molecule has 1 aliphatic heterocycles. The third kappa shape index (κ3) is 4.37. The molecule has 2 heterocycles. The lowest BCUT2D eigenvalue weighted by molar-refractivity contribution is -0.137. The number of tetrazole rings is 1. The number of carbonyl (C=O) groups is 3. The fourth-order valence-electron chi connectivity index (χ4n) is 3.27. The molecule has 2 amide bonds. The Morgan fingerprint density at radius 2 is 1.91 bits per heavy atom. The van der Waals surface area contributed by atoms with E-state index in [1.54, 1.807) is 18.2 Å². The molecule has 1 aliphatic rings. The summed E-state index contributed by atoms with van der Waals surface area (Å²) in [5, 5.41) is 13.1. The van der Waals surface area contributed by atoms with Crippen molar-refractivity contribution in [1.82, 2.24) is 20.2 Å². The maximum Gasteiger partial charge on any atom is 0.416 e. The quantitative estimate of drug-likeness (QED) is 0.593. The van der Waals surface area contributed by atoms with Crippen molar-refractivity contribution < 1.29 is 32.3 Å². The Labute approximate surface area is 183 Å². The summed E-state index contributed by atoms with van der Waals surface area (Å²) in [6.45, 7) is 0.858. The molecule has 1 aromatic heterocycles. The van der Waals surface area contributed by atoms with E-state index in [9.17, 15) is 27.6 Å². The number of nitrogens with one attached hydrogen (secondary N) is 1. The van der Waals surface area contributed by atoms with Crippen LogP contribution in [0.5, 0.6) is 0 Å². The zero-order chi connectivity index (χ0) is 23.8. The monoisotopic (exact) mass is 460 g/mol. The number of para-hydroxylation sites is 1. The molecular weight excluding hydrogens is 445 g/mol. The molecule has 0 spiro atoms. The second-order valence-electron chi connectivity index (χ2n) is 7.02. The summed E-state index contributed by atoms with van der Waals surface area (Å²) in [6.07, 6.45) is -4.69. The first kappa shape index (κ1) is 21.9. The van der Waals surface area contributed by atoms with Crippen molar-refractivity contribution in [2.24, 2.45) is 0 Å². The molecule has 0 bridgehead atoms. The number of esters is 1. The highest BCUT2D eigenvalue weighted by Crippen LogP contribution is 2.37. The summed E-state index contributed by atoms with van der Waals surface area (Å²) < 4.78 is 45.6. The number of hydrogen-bond donors (Lipinski definition) is 1. The number of benzene rings is 2. The molecule has 0 saturated carbocycles. The molecule has 33 heavy (non-hydrogen) atoms. The van der Waals surface area contributed by atoms with Crippen LogP contribution in [0.25, 0.3) is 5.69 Å². The van der Waals surface area contributed by atoms with Gasteiger partial charge in [0.1, 0.15) is 12.9 Å². The number of hydrogen-bond acceptors (Lipinski definition) is 7. The number of aromatic nitrogens is 4. The average Bonchev–Trinajstić information content (AvgIpc) is 3.31. The Bertz CT molecular complexity index is 1230. The van der Waals surface area contributed by atoms with Gasteiger partial charge in [-0.05, 0) is 47.7 Å². The minimum absolute atomic E-state index is 0.0598. The summed E-state index contributed by atoms with van der Waals surface area (Å²) in [7, 11) is 0. The zero-order valence-corrected chi connectivity index (χ0v) is 16.9. The van der Waals surface area contributed by atoms with Gasteiger partial charge < -0.3 is 10.1 Å². The first-order valence-electron chi connectivity index (χ1n) is 9.51. The molecule has 1 unspecified atom stereocenters. The predicted molar refractivity (Wildman–Crippen MR) is 106 cm³/mol. The lowest BCUT2D eigenvalue weighted by atomic mass is 10.1. The van der Waals surface area contributed by atoms with Gasteiger partial charge in [-0.3, -0.25) is 14.5 Å². The van der Waals surface area contributed by atoms with Gasteiger partial charge in [-0.1, -0.05) is 12.1 Å². The summed E-state index contributed by atoms with van der Waals surface area (Å²) >= 11 is 0. The number of rotatable bonds is 4. The van der Waals surface area contributed by atoms with Gasteiger partial charge in [0.2, 0.25) is 5.91 Å². The molecule has 13 heteroatoms. The van der Waals surface area contributed by atoms with Crippen molar-refractivity contribution in [2.75, 3.05) is 16.8 Å². The van der Waals surface area contributed by atoms with Gasteiger partial charge in [-0.2, -0.15) is 17.9 Å². The average molecular weight is 460 g/mol. The van der Waals surface area contributed by atoms with E-state index in [-0.39, 0.29) is 16.9 Å². The van der Waals surface area contributed by atoms with Gasteiger partial charge in [-0.25, -0.2) is 4.79 Å². The molecule has 170 valence electrons. The van der Waals surface area contributed by atoms with Crippen LogP contribution in [0.4, 0.5) is 24.5 Å². The Hall–Kier alpha value is -4.29. The summed E-state index contributed by atoms with van der Waals surface area (Å²) in [4.78, 5) is 38.7. The number of anilines is 2. The van der Waals surface area contributed by atoms with Crippen LogP contribution < -0.4 is 10.2 Å². The largest absolute Gasteiger partial charge is 0.449 e. The Kier molecular flexibility index (Phi) is 5.54. The van der Waals surface area contributed by atoms with Gasteiger partial charge in [0, 0.05) is 0 Å². The predicted octanol–water partition coefficient (Wildman–Crippen LogP) is 2.21. The number of amides is 2. The van der Waals surface area contributed by atoms with Crippen LogP contribution in [-0.2, 0) is 20.5 Å². The summed E-state index contributed by atoms with van der Waals surface area (Å²) in [6, 6.07) is 8.89. The highest BCUT2D eigenvalue weighted by Gasteiger charge is 2.36. The number of halogens is 3. The van der Waals surface area contributed by atoms with Crippen molar-refractivity contribution in [3.63, 3.8) is 0 Å². The number of ether oxygens (including phenoxy) is 1. The molecule has 2 aromatic carbocycles.